The Morgan fingerprint density at radius 2 is 1.84 bits per heavy atom. The minimum Gasteiger partial charge on any atom is -0.412 e. The van der Waals surface area contributed by atoms with Gasteiger partial charge in [-0.3, -0.25) is 13.8 Å². The van der Waals surface area contributed by atoms with Crippen molar-refractivity contribution in [3.05, 3.63) is 80.1 Å². The number of nitrogens with one attached hydrogen (secondary N) is 3. The second-order valence-electron chi connectivity index (χ2n) is 11.5. The van der Waals surface area contributed by atoms with Crippen molar-refractivity contribution in [2.45, 2.75) is 56.2 Å². The summed E-state index contributed by atoms with van der Waals surface area (Å²) in [5.74, 6) is 0.540. The van der Waals surface area contributed by atoms with Crippen LogP contribution in [-0.2, 0) is 21.3 Å². The molecule has 2 amide bonds. The fourth-order valence-electron chi connectivity index (χ4n) is 5.91. The van der Waals surface area contributed by atoms with Crippen LogP contribution >= 0.6 is 23.2 Å². The van der Waals surface area contributed by atoms with Gasteiger partial charge in [0.05, 0.1) is 27.7 Å². The number of hydrogen-bond acceptors (Lipinski definition) is 4. The van der Waals surface area contributed by atoms with E-state index in [1.807, 2.05) is 18.7 Å². The summed E-state index contributed by atoms with van der Waals surface area (Å²) >= 11 is 12.6. The first-order valence-electron chi connectivity index (χ1n) is 14.4. The first-order valence-corrected chi connectivity index (χ1v) is 16.5. The predicted octanol–water partition coefficient (Wildman–Crippen LogP) is 5.52. The molecule has 2 atom stereocenters. The summed E-state index contributed by atoms with van der Waals surface area (Å²) in [6, 6.07) is 10.8. The fraction of sp³-hybridized carbons (Fsp3) is 0.375. The average Bonchev–Trinajstić information content (AvgIpc) is 3.39. The maximum Gasteiger partial charge on any atom is 0.256 e. The van der Waals surface area contributed by atoms with Gasteiger partial charge >= 0.3 is 0 Å². The van der Waals surface area contributed by atoms with Crippen molar-refractivity contribution in [3.8, 4) is 0 Å². The molecule has 0 bridgehead atoms. The molecule has 1 saturated heterocycles. The molecule has 1 aromatic heterocycles. The van der Waals surface area contributed by atoms with Crippen LogP contribution in [0.1, 0.15) is 64.1 Å². The normalized spacial score (nSPS) is 19.2. The molecule has 2 fully saturated rings. The van der Waals surface area contributed by atoms with Crippen LogP contribution in [0.3, 0.4) is 0 Å². The molecule has 2 aliphatic heterocycles. The molecule has 1 unspecified atom stereocenters. The number of carbonyl (C=O) groups is 2. The third kappa shape index (κ3) is 6.61. The quantitative estimate of drug-likeness (QED) is 0.266. The zero-order valence-corrected chi connectivity index (χ0v) is 26.5. The van der Waals surface area contributed by atoms with Crippen LogP contribution in [0.5, 0.6) is 0 Å². The van der Waals surface area contributed by atoms with E-state index in [-0.39, 0.29) is 23.0 Å². The number of aromatic nitrogens is 1. The maximum absolute atomic E-state index is 13.9. The van der Waals surface area contributed by atoms with Crippen LogP contribution in [0, 0.1) is 19.8 Å². The largest absolute Gasteiger partial charge is 0.412 e. The van der Waals surface area contributed by atoms with Crippen molar-refractivity contribution >= 4 is 63.2 Å². The highest BCUT2D eigenvalue weighted by atomic mass is 35.5. The van der Waals surface area contributed by atoms with Gasteiger partial charge in [0.1, 0.15) is 0 Å². The van der Waals surface area contributed by atoms with Gasteiger partial charge in [-0.05, 0) is 94.0 Å². The number of amides is 2. The zero-order chi connectivity index (χ0) is 29.5. The second kappa shape index (κ2) is 13.0. The molecule has 1 saturated carbocycles. The van der Waals surface area contributed by atoms with Crippen LogP contribution < -0.4 is 10.6 Å². The van der Waals surface area contributed by atoms with E-state index in [9.17, 15) is 13.8 Å². The minimum atomic E-state index is -1.44. The van der Waals surface area contributed by atoms with Crippen LogP contribution in [0.25, 0.3) is 11.6 Å². The summed E-state index contributed by atoms with van der Waals surface area (Å²) in [6.45, 7) is 6.34. The highest BCUT2D eigenvalue weighted by Crippen LogP contribution is 2.37. The Hall–Kier alpha value is -2.95. The van der Waals surface area contributed by atoms with Gasteiger partial charge in [0, 0.05) is 62.3 Å². The van der Waals surface area contributed by atoms with E-state index in [0.29, 0.717) is 67.1 Å². The summed E-state index contributed by atoms with van der Waals surface area (Å²) in [5.41, 5.74) is 5.39. The first kappa shape index (κ1) is 31.5. The summed E-state index contributed by atoms with van der Waals surface area (Å²) in [4.78, 5) is 32.9. The second-order valence-corrected chi connectivity index (χ2v) is 13.8. The lowest BCUT2D eigenvalue weighted by Gasteiger charge is -2.26. The van der Waals surface area contributed by atoms with Crippen molar-refractivity contribution in [3.63, 3.8) is 0 Å². The molecule has 3 aliphatic rings. The van der Waals surface area contributed by atoms with Crippen molar-refractivity contribution in [2.24, 2.45) is 5.92 Å². The lowest BCUT2D eigenvalue weighted by atomic mass is 10.0. The first-order chi connectivity index (χ1) is 20.2. The van der Waals surface area contributed by atoms with E-state index >= 15 is 0 Å². The molecule has 3 heterocycles. The number of aromatic amines is 1. The summed E-state index contributed by atoms with van der Waals surface area (Å²) < 4.78 is 13.3. The summed E-state index contributed by atoms with van der Waals surface area (Å²) in [5, 5.41) is 7.36. The molecular weight excluding hydrogens is 607 g/mol. The molecule has 6 rings (SSSR count). The lowest BCUT2D eigenvalue weighted by Crippen LogP contribution is -2.42. The topological polar surface area (TPSA) is 126 Å². The van der Waals surface area contributed by atoms with Gasteiger partial charge in [-0.1, -0.05) is 29.3 Å². The van der Waals surface area contributed by atoms with E-state index in [1.165, 1.54) is 12.8 Å². The number of hydrogen-bond donors (Lipinski definition) is 3. The van der Waals surface area contributed by atoms with Gasteiger partial charge in [-0.15, -0.1) is 0 Å². The van der Waals surface area contributed by atoms with Gasteiger partial charge in [-0.2, -0.15) is 0 Å². The van der Waals surface area contributed by atoms with Gasteiger partial charge in [0.15, 0.2) is 0 Å². The van der Waals surface area contributed by atoms with Crippen LogP contribution in [0.2, 0.25) is 10.0 Å². The molecule has 8 nitrogen and oxygen atoms in total. The number of nitrogens with zero attached hydrogens (tertiary/aromatic N) is 1. The monoisotopic (exact) mass is 642 g/mol. The Morgan fingerprint density at radius 1 is 1.09 bits per heavy atom. The van der Waals surface area contributed by atoms with Crippen molar-refractivity contribution in [2.75, 3.05) is 25.0 Å². The van der Waals surface area contributed by atoms with Gasteiger partial charge in [0.2, 0.25) is 0 Å². The Labute approximate surface area is 264 Å². The highest BCUT2D eigenvalue weighted by molar-refractivity contribution is 7.84. The number of aryl methyl sites for hydroxylation is 1. The summed E-state index contributed by atoms with van der Waals surface area (Å²) in [6.07, 6.45) is 6.38. The number of carbonyl (C=O) groups excluding carboxylic acids is 2. The standard InChI is InChI=1S/C32H34Cl2N4O3S.H2O/c1-18-29(36-19(2)30(18)32(40)38(15-20-8-9-20)16-21-5-4-12-35-21)14-24-23-13-22(10-11-28(23)37-31(24)39)42(41)17-25-26(33)6-3-7-27(25)34;/h3,6-7,10-11,13-14,20-21,35-36H,4-5,8-9,12,15-17H2,1-2H3,(H,37,39);1H2/b24-14-;/t21-,42?;/m1./s1. The molecule has 11 heteroatoms. The van der Waals surface area contributed by atoms with Gasteiger partial charge in [-0.25, -0.2) is 0 Å². The van der Waals surface area contributed by atoms with E-state index in [4.69, 9.17) is 23.2 Å². The fourth-order valence-corrected chi connectivity index (χ4v) is 7.81. The molecule has 3 aromatic rings. The lowest BCUT2D eigenvalue weighted by molar-refractivity contribution is -0.110. The van der Waals surface area contributed by atoms with Gasteiger partial charge in [0.25, 0.3) is 11.8 Å². The Kier molecular flexibility index (Phi) is 9.49. The van der Waals surface area contributed by atoms with Crippen molar-refractivity contribution < 1.29 is 19.3 Å². The van der Waals surface area contributed by atoms with E-state index < -0.39 is 10.8 Å². The molecule has 228 valence electrons. The number of benzene rings is 2. The van der Waals surface area contributed by atoms with E-state index in [2.05, 4.69) is 15.6 Å². The van der Waals surface area contributed by atoms with Crippen molar-refractivity contribution in [1.29, 1.82) is 0 Å². The Balaban J connectivity index is 0.00000368. The number of fused-ring (bicyclic) bond motifs is 1. The average molecular weight is 644 g/mol. The number of halogens is 2. The number of rotatable bonds is 9. The summed E-state index contributed by atoms with van der Waals surface area (Å²) in [7, 11) is -1.44. The molecular formula is C32H36Cl2N4O4S. The number of H-pyrrole nitrogens is 1. The third-order valence-corrected chi connectivity index (χ3v) is 10.5. The third-order valence-electron chi connectivity index (χ3n) is 8.42. The molecule has 5 N–H and O–H groups in total. The minimum absolute atomic E-state index is 0. The predicted molar refractivity (Wildman–Crippen MR) is 173 cm³/mol. The zero-order valence-electron chi connectivity index (χ0n) is 24.2. The smallest absolute Gasteiger partial charge is 0.256 e. The van der Waals surface area contributed by atoms with Crippen molar-refractivity contribution in [1.82, 2.24) is 15.2 Å². The van der Waals surface area contributed by atoms with Crippen LogP contribution in [0.15, 0.2) is 41.3 Å². The molecule has 0 spiro atoms. The van der Waals surface area contributed by atoms with Gasteiger partial charge < -0.3 is 26.0 Å². The van der Waals surface area contributed by atoms with Crippen LogP contribution in [-0.4, -0.2) is 57.1 Å². The Bertz CT molecular complexity index is 1610. The highest BCUT2D eigenvalue weighted by Gasteiger charge is 2.32. The SMILES string of the molecule is Cc1[nH]c(/C=C2\C(=O)Nc3ccc(S(=O)Cc4c(Cl)cccc4Cl)cc32)c(C)c1C(=O)N(CC1CC1)C[C@H]1CCCN1.O. The molecule has 2 aromatic carbocycles. The molecule has 0 radical (unpaired) electrons. The molecule has 1 aliphatic carbocycles. The van der Waals surface area contributed by atoms with E-state index in [0.717, 1.165) is 37.2 Å². The number of anilines is 1. The van der Waals surface area contributed by atoms with E-state index in [1.54, 1.807) is 42.5 Å². The maximum atomic E-state index is 13.9. The molecule has 43 heavy (non-hydrogen) atoms. The Morgan fingerprint density at radius 3 is 2.51 bits per heavy atom. The van der Waals surface area contributed by atoms with Crippen LogP contribution in [0.4, 0.5) is 5.69 Å².